The molecule has 1 unspecified atom stereocenters. The van der Waals surface area contributed by atoms with E-state index in [1.807, 2.05) is 6.07 Å². The van der Waals surface area contributed by atoms with Crippen LogP contribution in [0.25, 0.3) is 0 Å². The van der Waals surface area contributed by atoms with Gasteiger partial charge in [0.1, 0.15) is 0 Å². The zero-order valence-corrected chi connectivity index (χ0v) is 21.0. The van der Waals surface area contributed by atoms with Crippen molar-refractivity contribution in [3.63, 3.8) is 0 Å². The summed E-state index contributed by atoms with van der Waals surface area (Å²) in [6.07, 6.45) is 11.0. The molecule has 1 atom stereocenters. The largest absolute Gasteiger partial charge is 0.475 e. The first-order chi connectivity index (χ1) is 16.5. The normalized spacial score (nSPS) is 22.0. The Morgan fingerprint density at radius 3 is 2.74 bits per heavy atom. The second-order valence-electron chi connectivity index (χ2n) is 10.0. The average Bonchev–Trinajstić information content (AvgIpc) is 3.12. The first-order valence-electron chi connectivity index (χ1n) is 13.0. The molecule has 3 heterocycles. The molecule has 8 heteroatoms. The van der Waals surface area contributed by atoms with Crippen molar-refractivity contribution in [1.29, 1.82) is 0 Å². The number of amides is 1. The lowest BCUT2D eigenvalue weighted by molar-refractivity contribution is -0.121. The van der Waals surface area contributed by atoms with Gasteiger partial charge >= 0.3 is 0 Å². The molecule has 2 aromatic rings. The van der Waals surface area contributed by atoms with Gasteiger partial charge < -0.3 is 15.0 Å². The monoisotopic (exact) mass is 468 g/mol. The van der Waals surface area contributed by atoms with Crippen LogP contribution in [0.5, 0.6) is 5.88 Å². The van der Waals surface area contributed by atoms with Crippen molar-refractivity contribution in [2.24, 2.45) is 13.0 Å². The van der Waals surface area contributed by atoms with Gasteiger partial charge in [-0.25, -0.2) is 4.98 Å². The van der Waals surface area contributed by atoms with E-state index in [-0.39, 0.29) is 12.0 Å². The second-order valence-corrected chi connectivity index (χ2v) is 10.0. The van der Waals surface area contributed by atoms with Crippen molar-refractivity contribution >= 4 is 5.91 Å². The molecular weight excluding hydrogens is 428 g/mol. The minimum absolute atomic E-state index is 0.0550. The van der Waals surface area contributed by atoms with Crippen LogP contribution in [0.2, 0.25) is 0 Å². The lowest BCUT2D eigenvalue weighted by atomic mass is 9.84. The van der Waals surface area contributed by atoms with Crippen LogP contribution < -0.4 is 10.1 Å². The summed E-state index contributed by atoms with van der Waals surface area (Å²) in [4.78, 5) is 21.2. The highest BCUT2D eigenvalue weighted by atomic mass is 16.5. The summed E-state index contributed by atoms with van der Waals surface area (Å²) < 4.78 is 5.93. The Balaban J connectivity index is 1.16. The van der Waals surface area contributed by atoms with Gasteiger partial charge in [-0.1, -0.05) is 13.0 Å². The van der Waals surface area contributed by atoms with Crippen molar-refractivity contribution < 1.29 is 9.53 Å². The molecule has 8 nitrogen and oxygen atoms in total. The summed E-state index contributed by atoms with van der Waals surface area (Å²) >= 11 is 0. The van der Waals surface area contributed by atoms with Gasteiger partial charge in [-0.05, 0) is 69.9 Å². The summed E-state index contributed by atoms with van der Waals surface area (Å²) in [6.45, 7) is 7.56. The molecule has 0 bridgehead atoms. The molecular formula is C26H40N6O2. The molecule has 4 rings (SSSR count). The zero-order chi connectivity index (χ0) is 23.9. The highest BCUT2D eigenvalue weighted by molar-refractivity contribution is 5.78. The number of carbonyl (C=O) groups excluding carboxylic acids is 1. The van der Waals surface area contributed by atoms with Crippen LogP contribution in [-0.4, -0.2) is 62.6 Å². The van der Waals surface area contributed by atoms with Gasteiger partial charge in [0.15, 0.2) is 0 Å². The Bertz CT molecular complexity index is 937. The van der Waals surface area contributed by atoms with Crippen LogP contribution >= 0.6 is 0 Å². The maximum absolute atomic E-state index is 12.3. The van der Waals surface area contributed by atoms with Gasteiger partial charge in [0.05, 0.1) is 24.4 Å². The molecule has 0 spiro atoms. The minimum Gasteiger partial charge on any atom is -0.475 e. The van der Waals surface area contributed by atoms with E-state index in [2.05, 4.69) is 40.3 Å². The summed E-state index contributed by atoms with van der Waals surface area (Å²) in [7, 11) is 1.77. The fraction of sp³-hybridized carbons (Fsp3) is 0.692. The number of aromatic nitrogens is 4. The first-order valence-corrected chi connectivity index (χ1v) is 13.0. The van der Waals surface area contributed by atoms with E-state index in [1.165, 1.54) is 35.3 Å². The predicted molar refractivity (Wildman–Crippen MR) is 132 cm³/mol. The molecule has 34 heavy (non-hydrogen) atoms. The SMILES string of the molecule is CCC(C)Oc1ccc2c(n1)CCN(CCC1CCC(NC(=O)Cc3cnn(C)n3)CC1)CC2. The smallest absolute Gasteiger partial charge is 0.226 e. The van der Waals surface area contributed by atoms with Crippen LogP contribution in [0.1, 0.15) is 69.3 Å². The van der Waals surface area contributed by atoms with E-state index in [4.69, 9.17) is 9.72 Å². The maximum Gasteiger partial charge on any atom is 0.226 e. The van der Waals surface area contributed by atoms with Crippen LogP contribution in [0.3, 0.4) is 0 Å². The van der Waals surface area contributed by atoms with E-state index in [9.17, 15) is 4.79 Å². The second kappa shape index (κ2) is 11.8. The number of carbonyl (C=O) groups is 1. The highest BCUT2D eigenvalue weighted by Gasteiger charge is 2.24. The Labute approximate surface area is 203 Å². The molecule has 1 amide bonds. The van der Waals surface area contributed by atoms with E-state index in [0.717, 1.165) is 69.2 Å². The third kappa shape index (κ3) is 7.01. The minimum atomic E-state index is 0.0550. The number of rotatable bonds is 9. The van der Waals surface area contributed by atoms with E-state index >= 15 is 0 Å². The summed E-state index contributed by atoms with van der Waals surface area (Å²) in [5.41, 5.74) is 3.31. The zero-order valence-electron chi connectivity index (χ0n) is 21.0. The fourth-order valence-corrected chi connectivity index (χ4v) is 5.06. The number of nitrogens with zero attached hydrogens (tertiary/aromatic N) is 5. The molecule has 1 aliphatic carbocycles. The molecule has 1 saturated carbocycles. The number of fused-ring (bicyclic) bond motifs is 1. The topological polar surface area (TPSA) is 85.2 Å². The number of pyridine rings is 1. The Morgan fingerprint density at radius 1 is 1.21 bits per heavy atom. The summed E-state index contributed by atoms with van der Waals surface area (Å²) in [5, 5.41) is 11.4. The van der Waals surface area contributed by atoms with Crippen molar-refractivity contribution in [1.82, 2.24) is 30.2 Å². The Morgan fingerprint density at radius 2 is 2.00 bits per heavy atom. The van der Waals surface area contributed by atoms with Crippen molar-refractivity contribution in [2.45, 2.75) is 83.8 Å². The number of hydrogen-bond donors (Lipinski definition) is 1. The number of nitrogens with one attached hydrogen (secondary N) is 1. The van der Waals surface area contributed by atoms with Crippen molar-refractivity contribution in [3.8, 4) is 5.88 Å². The molecule has 2 aromatic heterocycles. The molecule has 1 fully saturated rings. The summed E-state index contributed by atoms with van der Waals surface area (Å²) in [5.74, 6) is 1.58. The highest BCUT2D eigenvalue weighted by Crippen LogP contribution is 2.28. The van der Waals surface area contributed by atoms with Gasteiger partial charge in [-0.15, -0.1) is 0 Å². The van der Waals surface area contributed by atoms with Crippen molar-refractivity contribution in [2.75, 3.05) is 19.6 Å². The average molecular weight is 469 g/mol. The Hall–Kier alpha value is -2.48. The molecule has 2 aliphatic rings. The fourth-order valence-electron chi connectivity index (χ4n) is 5.06. The number of aryl methyl sites for hydroxylation is 1. The number of hydrogen-bond acceptors (Lipinski definition) is 6. The molecule has 1 N–H and O–H groups in total. The molecule has 0 aromatic carbocycles. The van der Waals surface area contributed by atoms with E-state index in [1.54, 1.807) is 13.2 Å². The third-order valence-corrected chi connectivity index (χ3v) is 7.36. The van der Waals surface area contributed by atoms with Gasteiger partial charge in [0.25, 0.3) is 0 Å². The van der Waals surface area contributed by atoms with Gasteiger partial charge in [-0.2, -0.15) is 15.0 Å². The lowest BCUT2D eigenvalue weighted by Gasteiger charge is -2.30. The lowest BCUT2D eigenvalue weighted by Crippen LogP contribution is -2.39. The van der Waals surface area contributed by atoms with Gasteiger partial charge in [0, 0.05) is 44.4 Å². The standard InChI is InChI=1S/C26H40N6O2/c1-4-19(2)34-26-10-7-21-12-15-32(16-13-24(21)29-26)14-11-20-5-8-22(9-6-20)28-25(33)17-23-18-27-31(3)30-23/h7,10,18-20,22H,4-6,8-9,11-17H2,1-3H3,(H,28,33). The van der Waals surface area contributed by atoms with E-state index in [0.29, 0.717) is 12.5 Å². The van der Waals surface area contributed by atoms with Gasteiger partial charge in [0.2, 0.25) is 11.8 Å². The molecule has 0 radical (unpaired) electrons. The third-order valence-electron chi connectivity index (χ3n) is 7.36. The Kier molecular flexibility index (Phi) is 8.53. The maximum atomic E-state index is 12.3. The van der Waals surface area contributed by atoms with Crippen LogP contribution in [0.4, 0.5) is 0 Å². The predicted octanol–water partition coefficient (Wildman–Crippen LogP) is 3.10. The van der Waals surface area contributed by atoms with Crippen molar-refractivity contribution in [3.05, 3.63) is 35.3 Å². The molecule has 1 aliphatic heterocycles. The van der Waals surface area contributed by atoms with Crippen LogP contribution in [0.15, 0.2) is 18.3 Å². The molecule has 186 valence electrons. The first kappa shape index (κ1) is 24.6. The number of ether oxygens (including phenoxy) is 1. The summed E-state index contributed by atoms with van der Waals surface area (Å²) in [6, 6.07) is 4.54. The van der Waals surface area contributed by atoms with Gasteiger partial charge in [-0.3, -0.25) is 4.79 Å². The quantitative estimate of drug-likeness (QED) is 0.609. The van der Waals surface area contributed by atoms with Crippen LogP contribution in [-0.2, 0) is 31.1 Å². The van der Waals surface area contributed by atoms with E-state index < -0.39 is 0 Å². The molecule has 0 saturated heterocycles. The van der Waals surface area contributed by atoms with Crippen LogP contribution in [0, 0.1) is 5.92 Å².